The third-order valence-electron chi connectivity index (χ3n) is 4.79. The largest absolute Gasteiger partial charge is 0.325 e. The van der Waals surface area contributed by atoms with Crippen LogP contribution >= 0.6 is 15.9 Å². The monoisotopic (exact) mass is 430 g/mol. The summed E-state index contributed by atoms with van der Waals surface area (Å²) in [5.41, 5.74) is 3.07. The van der Waals surface area contributed by atoms with Crippen molar-refractivity contribution in [3.05, 3.63) is 27.7 Å². The number of piperidine rings is 1. The average molecular weight is 431 g/mol. The Labute approximate surface area is 159 Å². The Morgan fingerprint density at radius 3 is 2.36 bits per heavy atom. The average Bonchev–Trinajstić information content (AvgIpc) is 2.62. The first-order chi connectivity index (χ1) is 11.8. The van der Waals surface area contributed by atoms with Crippen molar-refractivity contribution in [1.82, 2.24) is 4.31 Å². The summed E-state index contributed by atoms with van der Waals surface area (Å²) in [7, 11) is -3.24. The zero-order valence-electron chi connectivity index (χ0n) is 15.1. The molecule has 0 unspecified atom stereocenters. The van der Waals surface area contributed by atoms with Crippen molar-refractivity contribution in [2.24, 2.45) is 5.92 Å². The molecule has 1 atom stereocenters. The summed E-state index contributed by atoms with van der Waals surface area (Å²) in [6.07, 6.45) is 3.09. The predicted molar refractivity (Wildman–Crippen MR) is 105 cm³/mol. The summed E-state index contributed by atoms with van der Waals surface area (Å²) in [6, 6.07) is 4.06. The van der Waals surface area contributed by atoms with Crippen LogP contribution in [-0.4, -0.2) is 37.5 Å². The fraction of sp³-hybridized carbons (Fsp3) is 0.611. The minimum atomic E-state index is -3.24. The number of nitrogens with zero attached hydrogens (tertiary/aromatic N) is 1. The quantitative estimate of drug-likeness (QED) is 0.749. The second-order valence-corrected chi connectivity index (χ2v) is 9.57. The van der Waals surface area contributed by atoms with Crippen LogP contribution in [0.25, 0.3) is 0 Å². The molecule has 2 rings (SSSR count). The zero-order valence-corrected chi connectivity index (χ0v) is 17.5. The highest BCUT2D eigenvalue weighted by Crippen LogP contribution is 2.29. The molecule has 1 aliphatic rings. The Morgan fingerprint density at radius 2 is 1.84 bits per heavy atom. The van der Waals surface area contributed by atoms with Gasteiger partial charge in [0, 0.05) is 23.2 Å². The lowest BCUT2D eigenvalue weighted by Gasteiger charge is -2.31. The molecule has 0 aliphatic carbocycles. The van der Waals surface area contributed by atoms with Crippen LogP contribution in [0, 0.1) is 5.92 Å². The molecular formula is C18H27BrN2O3S. The van der Waals surface area contributed by atoms with Crippen LogP contribution in [0.3, 0.4) is 0 Å². The minimum Gasteiger partial charge on any atom is -0.325 e. The second-order valence-electron chi connectivity index (χ2n) is 6.39. The SMILES string of the molecule is CCc1cc(Br)cc(CC)c1NC(=O)[C@@H]1CCCN(S(=O)(=O)CC)C1. The fourth-order valence-corrected chi connectivity index (χ4v) is 4.99. The summed E-state index contributed by atoms with van der Waals surface area (Å²) in [5, 5.41) is 3.09. The summed E-state index contributed by atoms with van der Waals surface area (Å²) in [5.74, 6) is -0.301. The fourth-order valence-electron chi connectivity index (χ4n) is 3.26. The molecule has 140 valence electrons. The zero-order chi connectivity index (χ0) is 18.6. The third-order valence-corrected chi connectivity index (χ3v) is 7.10. The summed E-state index contributed by atoms with van der Waals surface area (Å²) >= 11 is 3.52. The Hall–Kier alpha value is -0.920. The number of hydrogen-bond acceptors (Lipinski definition) is 3. The van der Waals surface area contributed by atoms with E-state index in [1.54, 1.807) is 6.92 Å². The van der Waals surface area contributed by atoms with Gasteiger partial charge in [-0.2, -0.15) is 0 Å². The number of benzene rings is 1. The van der Waals surface area contributed by atoms with Crippen LogP contribution in [0.15, 0.2) is 16.6 Å². The highest BCUT2D eigenvalue weighted by molar-refractivity contribution is 9.10. The minimum absolute atomic E-state index is 0.0774. The second kappa shape index (κ2) is 8.64. The predicted octanol–water partition coefficient (Wildman–Crippen LogP) is 3.57. The van der Waals surface area contributed by atoms with Gasteiger partial charge in [0.25, 0.3) is 0 Å². The van der Waals surface area contributed by atoms with E-state index in [4.69, 9.17) is 0 Å². The van der Waals surface area contributed by atoms with Gasteiger partial charge in [0.15, 0.2) is 0 Å². The third kappa shape index (κ3) is 4.83. The van der Waals surface area contributed by atoms with E-state index < -0.39 is 10.0 Å². The number of anilines is 1. The van der Waals surface area contributed by atoms with E-state index in [9.17, 15) is 13.2 Å². The van der Waals surface area contributed by atoms with Gasteiger partial charge in [-0.3, -0.25) is 4.79 Å². The van der Waals surface area contributed by atoms with Crippen LogP contribution in [0.1, 0.15) is 44.7 Å². The van der Waals surface area contributed by atoms with Crippen molar-refractivity contribution in [3.8, 4) is 0 Å². The van der Waals surface area contributed by atoms with Crippen molar-refractivity contribution in [2.75, 3.05) is 24.2 Å². The van der Waals surface area contributed by atoms with Gasteiger partial charge in [0.05, 0.1) is 11.7 Å². The van der Waals surface area contributed by atoms with E-state index in [1.165, 1.54) is 4.31 Å². The lowest BCUT2D eigenvalue weighted by atomic mass is 9.97. The van der Waals surface area contributed by atoms with Gasteiger partial charge < -0.3 is 5.32 Å². The van der Waals surface area contributed by atoms with E-state index in [-0.39, 0.29) is 24.1 Å². The van der Waals surface area contributed by atoms with Gasteiger partial charge >= 0.3 is 0 Å². The van der Waals surface area contributed by atoms with Gasteiger partial charge in [-0.25, -0.2) is 12.7 Å². The standard InChI is InChI=1S/C18H27BrN2O3S/c1-4-13-10-16(19)11-14(5-2)17(13)20-18(22)15-8-7-9-21(12-15)25(23,24)6-3/h10-11,15H,4-9,12H2,1-3H3,(H,20,22)/t15-/m1/s1. The van der Waals surface area contributed by atoms with E-state index >= 15 is 0 Å². The van der Waals surface area contributed by atoms with Gasteiger partial charge in [0.1, 0.15) is 0 Å². The molecule has 0 saturated carbocycles. The Bertz CT molecular complexity index is 709. The topological polar surface area (TPSA) is 66.5 Å². The van der Waals surface area contributed by atoms with Crippen molar-refractivity contribution in [3.63, 3.8) is 0 Å². The van der Waals surface area contributed by atoms with Crippen molar-refractivity contribution < 1.29 is 13.2 Å². The van der Waals surface area contributed by atoms with Crippen molar-refractivity contribution in [2.45, 2.75) is 46.5 Å². The van der Waals surface area contributed by atoms with Crippen LogP contribution < -0.4 is 5.32 Å². The molecule has 7 heteroatoms. The molecule has 1 fully saturated rings. The van der Waals surface area contributed by atoms with Crippen LogP contribution in [-0.2, 0) is 27.7 Å². The Morgan fingerprint density at radius 1 is 1.24 bits per heavy atom. The molecule has 1 saturated heterocycles. The molecule has 1 aromatic rings. The maximum atomic E-state index is 12.8. The van der Waals surface area contributed by atoms with Gasteiger partial charge in [-0.15, -0.1) is 0 Å². The number of hydrogen-bond donors (Lipinski definition) is 1. The number of carbonyl (C=O) groups is 1. The number of carbonyl (C=O) groups excluding carboxylic acids is 1. The highest BCUT2D eigenvalue weighted by Gasteiger charge is 2.31. The highest BCUT2D eigenvalue weighted by atomic mass is 79.9. The molecule has 1 N–H and O–H groups in total. The first-order valence-corrected chi connectivity index (χ1v) is 11.3. The lowest BCUT2D eigenvalue weighted by Crippen LogP contribution is -2.44. The summed E-state index contributed by atoms with van der Waals surface area (Å²) in [4.78, 5) is 12.8. The molecular weight excluding hydrogens is 404 g/mol. The molecule has 0 spiro atoms. The van der Waals surface area contributed by atoms with E-state index in [2.05, 4.69) is 35.1 Å². The first-order valence-electron chi connectivity index (χ1n) is 8.92. The number of aryl methyl sites for hydroxylation is 2. The maximum absolute atomic E-state index is 12.8. The van der Waals surface area contributed by atoms with Crippen LogP contribution in [0.2, 0.25) is 0 Å². The smallest absolute Gasteiger partial charge is 0.228 e. The number of nitrogens with one attached hydrogen (secondary N) is 1. The Kier molecular flexibility index (Phi) is 7.05. The molecule has 1 heterocycles. The number of amides is 1. The van der Waals surface area contributed by atoms with Crippen molar-refractivity contribution in [1.29, 1.82) is 0 Å². The first kappa shape index (κ1) is 20.4. The molecule has 0 radical (unpaired) electrons. The van der Waals surface area contributed by atoms with Gasteiger partial charge in [-0.05, 0) is 55.9 Å². The molecule has 0 bridgehead atoms. The van der Waals surface area contributed by atoms with E-state index in [0.29, 0.717) is 6.54 Å². The van der Waals surface area contributed by atoms with E-state index in [1.807, 2.05) is 12.1 Å². The summed E-state index contributed by atoms with van der Waals surface area (Å²) < 4.78 is 26.7. The van der Waals surface area contributed by atoms with Crippen molar-refractivity contribution >= 4 is 37.5 Å². The normalized spacial score (nSPS) is 19.0. The maximum Gasteiger partial charge on any atom is 0.228 e. The van der Waals surface area contributed by atoms with Crippen LogP contribution in [0.4, 0.5) is 5.69 Å². The van der Waals surface area contributed by atoms with Gasteiger partial charge in [-0.1, -0.05) is 29.8 Å². The lowest BCUT2D eigenvalue weighted by molar-refractivity contribution is -0.120. The van der Waals surface area contributed by atoms with Gasteiger partial charge in [0.2, 0.25) is 15.9 Å². The number of rotatable bonds is 6. The Balaban J connectivity index is 2.20. The number of halogens is 1. The summed E-state index contributed by atoms with van der Waals surface area (Å²) in [6.45, 7) is 6.56. The number of sulfonamides is 1. The molecule has 1 amide bonds. The molecule has 5 nitrogen and oxygen atoms in total. The van der Waals surface area contributed by atoms with E-state index in [0.717, 1.165) is 47.0 Å². The molecule has 1 aliphatic heterocycles. The molecule has 1 aromatic carbocycles. The molecule has 25 heavy (non-hydrogen) atoms. The van der Waals surface area contributed by atoms with Crippen LogP contribution in [0.5, 0.6) is 0 Å². The molecule has 0 aromatic heterocycles.